The molecular weight excluding hydrogens is 190 g/mol. The van der Waals surface area contributed by atoms with Crippen LogP contribution in [-0.4, -0.2) is 4.98 Å². The smallest absolute Gasteiger partial charge is 0.0907 e. The second-order valence-corrected chi connectivity index (χ2v) is 4.39. The highest BCUT2D eigenvalue weighted by Gasteiger charge is 2.05. The van der Waals surface area contributed by atoms with Crippen molar-refractivity contribution in [1.82, 2.24) is 4.98 Å². The summed E-state index contributed by atoms with van der Waals surface area (Å²) in [5.74, 6) is 0. The predicted octanol–water partition coefficient (Wildman–Crippen LogP) is 3.57. The van der Waals surface area contributed by atoms with Gasteiger partial charge in [-0.2, -0.15) is 0 Å². The molecule has 2 rings (SSSR count). The number of nitrogens with zero attached hydrogens (tertiary/aromatic N) is 1. The number of thiazole rings is 1. The molecule has 1 aromatic heterocycles. The SMILES string of the molecule is Cc1nc2c(C)c(Cl)ccc2s1. The molecule has 0 fully saturated rings. The Balaban J connectivity index is 2.89. The average Bonchev–Trinajstić information content (AvgIpc) is 2.39. The van der Waals surface area contributed by atoms with Crippen molar-refractivity contribution in [2.45, 2.75) is 13.8 Å². The Morgan fingerprint density at radius 2 is 2.08 bits per heavy atom. The number of halogens is 1. The predicted molar refractivity (Wildman–Crippen MR) is 54.1 cm³/mol. The summed E-state index contributed by atoms with van der Waals surface area (Å²) in [4.78, 5) is 4.41. The van der Waals surface area contributed by atoms with Gasteiger partial charge >= 0.3 is 0 Å². The number of fused-ring (bicyclic) bond motifs is 1. The third kappa shape index (κ3) is 1.11. The maximum absolute atomic E-state index is 5.96. The fraction of sp³-hybridized carbons (Fsp3) is 0.222. The van der Waals surface area contributed by atoms with Crippen LogP contribution in [0.3, 0.4) is 0 Å². The van der Waals surface area contributed by atoms with Gasteiger partial charge in [-0.25, -0.2) is 4.98 Å². The fourth-order valence-electron chi connectivity index (χ4n) is 1.21. The maximum Gasteiger partial charge on any atom is 0.0907 e. The van der Waals surface area contributed by atoms with Crippen molar-refractivity contribution in [3.63, 3.8) is 0 Å². The van der Waals surface area contributed by atoms with Gasteiger partial charge in [0.2, 0.25) is 0 Å². The first-order valence-electron chi connectivity index (χ1n) is 3.71. The molecule has 0 aliphatic heterocycles. The quantitative estimate of drug-likeness (QED) is 0.629. The van der Waals surface area contributed by atoms with E-state index in [1.807, 2.05) is 26.0 Å². The lowest BCUT2D eigenvalue weighted by atomic mass is 10.2. The summed E-state index contributed by atoms with van der Waals surface area (Å²) in [6, 6.07) is 3.95. The van der Waals surface area contributed by atoms with E-state index in [1.165, 1.54) is 4.70 Å². The maximum atomic E-state index is 5.96. The Bertz CT molecular complexity index is 433. The Labute approximate surface area is 80.0 Å². The van der Waals surface area contributed by atoms with E-state index in [9.17, 15) is 0 Å². The summed E-state index contributed by atoms with van der Waals surface area (Å²) in [5, 5.41) is 1.89. The Hall–Kier alpha value is -0.600. The van der Waals surface area contributed by atoms with E-state index in [1.54, 1.807) is 11.3 Å². The van der Waals surface area contributed by atoms with Gasteiger partial charge in [0, 0.05) is 5.02 Å². The van der Waals surface area contributed by atoms with Gasteiger partial charge in [-0.15, -0.1) is 11.3 Å². The minimum atomic E-state index is 0.799. The van der Waals surface area contributed by atoms with Gasteiger partial charge in [-0.3, -0.25) is 0 Å². The van der Waals surface area contributed by atoms with Crippen LogP contribution in [0.15, 0.2) is 12.1 Å². The number of benzene rings is 1. The monoisotopic (exact) mass is 197 g/mol. The molecule has 0 saturated heterocycles. The molecule has 0 radical (unpaired) electrons. The van der Waals surface area contributed by atoms with Crippen molar-refractivity contribution in [2.24, 2.45) is 0 Å². The lowest BCUT2D eigenvalue weighted by Crippen LogP contribution is -1.77. The molecule has 12 heavy (non-hydrogen) atoms. The van der Waals surface area contributed by atoms with Gasteiger partial charge in [0.05, 0.1) is 15.2 Å². The molecule has 1 heterocycles. The highest BCUT2D eigenvalue weighted by atomic mass is 35.5. The molecule has 0 aliphatic carbocycles. The van der Waals surface area contributed by atoms with Crippen LogP contribution in [0.5, 0.6) is 0 Å². The number of aromatic nitrogens is 1. The molecule has 1 aromatic carbocycles. The summed E-state index contributed by atoms with van der Waals surface area (Å²) < 4.78 is 1.22. The molecule has 0 saturated carbocycles. The van der Waals surface area contributed by atoms with Crippen LogP contribution in [0.1, 0.15) is 10.6 Å². The highest BCUT2D eigenvalue weighted by molar-refractivity contribution is 7.18. The standard InChI is InChI=1S/C9H8ClNS/c1-5-7(10)3-4-8-9(5)11-6(2)12-8/h3-4H,1-2H3. The second kappa shape index (κ2) is 2.71. The molecule has 0 N–H and O–H groups in total. The second-order valence-electron chi connectivity index (χ2n) is 2.75. The van der Waals surface area contributed by atoms with E-state index in [0.29, 0.717) is 0 Å². The van der Waals surface area contributed by atoms with E-state index >= 15 is 0 Å². The van der Waals surface area contributed by atoms with Crippen molar-refractivity contribution in [3.05, 3.63) is 27.7 Å². The van der Waals surface area contributed by atoms with Crippen molar-refractivity contribution >= 4 is 33.2 Å². The minimum absolute atomic E-state index is 0.799. The highest BCUT2D eigenvalue weighted by Crippen LogP contribution is 2.28. The summed E-state index contributed by atoms with van der Waals surface area (Å²) in [6.45, 7) is 4.02. The van der Waals surface area contributed by atoms with Crippen molar-refractivity contribution in [3.8, 4) is 0 Å². The molecule has 0 atom stereocenters. The van der Waals surface area contributed by atoms with Crippen molar-refractivity contribution in [1.29, 1.82) is 0 Å². The molecule has 0 amide bonds. The molecule has 62 valence electrons. The number of hydrogen-bond donors (Lipinski definition) is 0. The number of aryl methyl sites for hydroxylation is 2. The van der Waals surface area contributed by atoms with Crippen LogP contribution in [0.25, 0.3) is 10.2 Å². The van der Waals surface area contributed by atoms with Crippen molar-refractivity contribution < 1.29 is 0 Å². The zero-order valence-electron chi connectivity index (χ0n) is 6.89. The molecule has 2 aromatic rings. The first-order chi connectivity index (χ1) is 5.68. The van der Waals surface area contributed by atoms with Gasteiger partial charge in [0.1, 0.15) is 0 Å². The molecule has 0 unspecified atom stereocenters. The van der Waals surface area contributed by atoms with Crippen LogP contribution >= 0.6 is 22.9 Å². The first kappa shape index (κ1) is 8.02. The molecule has 1 nitrogen and oxygen atoms in total. The summed E-state index contributed by atoms with van der Waals surface area (Å²) in [6.07, 6.45) is 0. The van der Waals surface area contributed by atoms with E-state index < -0.39 is 0 Å². The third-order valence-electron chi connectivity index (χ3n) is 1.85. The van der Waals surface area contributed by atoms with Crippen molar-refractivity contribution in [2.75, 3.05) is 0 Å². The Morgan fingerprint density at radius 3 is 2.83 bits per heavy atom. The van der Waals surface area contributed by atoms with Gasteiger partial charge in [0.15, 0.2) is 0 Å². The zero-order chi connectivity index (χ0) is 8.72. The summed E-state index contributed by atoms with van der Waals surface area (Å²) in [5.41, 5.74) is 2.13. The van der Waals surface area contributed by atoms with Gasteiger partial charge < -0.3 is 0 Å². The van der Waals surface area contributed by atoms with Crippen LogP contribution in [0, 0.1) is 13.8 Å². The topological polar surface area (TPSA) is 12.9 Å². The van der Waals surface area contributed by atoms with Crippen LogP contribution in [0.2, 0.25) is 5.02 Å². The number of hydrogen-bond acceptors (Lipinski definition) is 2. The zero-order valence-corrected chi connectivity index (χ0v) is 8.46. The summed E-state index contributed by atoms with van der Waals surface area (Å²) in [7, 11) is 0. The average molecular weight is 198 g/mol. The van der Waals surface area contributed by atoms with E-state index in [0.717, 1.165) is 21.1 Å². The van der Waals surface area contributed by atoms with Gasteiger partial charge in [-0.05, 0) is 31.5 Å². The van der Waals surface area contributed by atoms with Gasteiger partial charge in [-0.1, -0.05) is 11.6 Å². The summed E-state index contributed by atoms with van der Waals surface area (Å²) >= 11 is 7.67. The third-order valence-corrected chi connectivity index (χ3v) is 3.20. The molecular formula is C9H8ClNS. The van der Waals surface area contributed by atoms with Crippen LogP contribution < -0.4 is 0 Å². The normalized spacial score (nSPS) is 10.9. The number of rotatable bonds is 0. The first-order valence-corrected chi connectivity index (χ1v) is 4.90. The van der Waals surface area contributed by atoms with E-state index in [4.69, 9.17) is 11.6 Å². The lowest BCUT2D eigenvalue weighted by Gasteiger charge is -1.95. The lowest BCUT2D eigenvalue weighted by molar-refractivity contribution is 1.32. The molecule has 3 heteroatoms. The largest absolute Gasteiger partial charge is 0.241 e. The van der Waals surface area contributed by atoms with E-state index in [2.05, 4.69) is 4.98 Å². The van der Waals surface area contributed by atoms with Crippen LogP contribution in [-0.2, 0) is 0 Å². The molecule has 0 bridgehead atoms. The molecule has 0 aliphatic rings. The molecule has 0 spiro atoms. The van der Waals surface area contributed by atoms with E-state index in [-0.39, 0.29) is 0 Å². The van der Waals surface area contributed by atoms with Crippen LogP contribution in [0.4, 0.5) is 0 Å². The Kier molecular flexibility index (Phi) is 1.81. The fourth-order valence-corrected chi connectivity index (χ4v) is 2.25. The van der Waals surface area contributed by atoms with Gasteiger partial charge in [0.25, 0.3) is 0 Å². The minimum Gasteiger partial charge on any atom is -0.241 e. The Morgan fingerprint density at radius 1 is 1.33 bits per heavy atom.